The summed E-state index contributed by atoms with van der Waals surface area (Å²) in [6.07, 6.45) is 0. The van der Waals surface area contributed by atoms with Gasteiger partial charge in [-0.05, 0) is 0 Å². The van der Waals surface area contributed by atoms with Crippen LogP contribution in [0.25, 0.3) is 0 Å². The van der Waals surface area contributed by atoms with E-state index in [-0.39, 0.29) is 12.5 Å². The van der Waals surface area contributed by atoms with E-state index in [1.807, 2.05) is 0 Å². The van der Waals surface area contributed by atoms with Gasteiger partial charge in [-0.3, -0.25) is 9.35 Å². The molecule has 1 atom stereocenters. The van der Waals surface area contributed by atoms with Gasteiger partial charge in [0.25, 0.3) is 0 Å². The molecule has 1 aliphatic rings. The van der Waals surface area contributed by atoms with Crippen molar-refractivity contribution in [2.24, 2.45) is 5.92 Å². The molecular weight excluding hydrogens is 158 g/mol. The second-order valence-electron chi connectivity index (χ2n) is 2.25. The number of amides is 1. The quantitative estimate of drug-likeness (QED) is 0.410. The Morgan fingerprint density at radius 2 is 2.20 bits per heavy atom. The Kier molecular flexibility index (Phi) is 1.44. The summed E-state index contributed by atoms with van der Waals surface area (Å²) in [5, 5.41) is 0. The number of nitrogens with zero attached hydrogens (tertiary/aromatic N) is 1. The van der Waals surface area contributed by atoms with E-state index in [2.05, 4.69) is 0 Å². The minimum absolute atomic E-state index is 0.0949. The Labute approximate surface area is 58.5 Å². The van der Waals surface area contributed by atoms with Gasteiger partial charge < -0.3 is 0 Å². The lowest BCUT2D eigenvalue weighted by Crippen LogP contribution is -2.53. The van der Waals surface area contributed by atoms with Crippen molar-refractivity contribution < 1.29 is 17.8 Å². The third kappa shape index (κ3) is 0.994. The molecular formula is C4H7NO4S. The lowest BCUT2D eigenvalue weighted by atomic mass is 10.1. The molecule has 1 unspecified atom stereocenters. The molecule has 0 radical (unpaired) electrons. The molecule has 0 aliphatic carbocycles. The number of β-lactam (4-membered cyclic amide) rings is 1. The predicted molar refractivity (Wildman–Crippen MR) is 32.4 cm³/mol. The van der Waals surface area contributed by atoms with Gasteiger partial charge in [-0.25, -0.2) is 4.31 Å². The van der Waals surface area contributed by atoms with E-state index in [1.54, 1.807) is 6.92 Å². The lowest BCUT2D eigenvalue weighted by Gasteiger charge is -2.32. The highest BCUT2D eigenvalue weighted by atomic mass is 32.2. The molecule has 0 saturated carbocycles. The monoisotopic (exact) mass is 165 g/mol. The van der Waals surface area contributed by atoms with Crippen LogP contribution in [0.4, 0.5) is 0 Å². The van der Waals surface area contributed by atoms with Gasteiger partial charge in [0.2, 0.25) is 5.91 Å². The first kappa shape index (κ1) is 7.49. The summed E-state index contributed by atoms with van der Waals surface area (Å²) in [5.41, 5.74) is 0. The summed E-state index contributed by atoms with van der Waals surface area (Å²) in [6, 6.07) is 0. The Morgan fingerprint density at radius 3 is 2.30 bits per heavy atom. The third-order valence-electron chi connectivity index (χ3n) is 1.39. The molecule has 1 amide bonds. The maximum absolute atomic E-state index is 10.6. The molecule has 0 spiro atoms. The number of carbonyl (C=O) groups is 1. The summed E-state index contributed by atoms with van der Waals surface area (Å²) < 4.78 is 29.2. The molecule has 1 aliphatic heterocycles. The Morgan fingerprint density at radius 1 is 1.70 bits per heavy atom. The normalized spacial score (nSPS) is 26.4. The van der Waals surface area contributed by atoms with Gasteiger partial charge >= 0.3 is 10.3 Å². The summed E-state index contributed by atoms with van der Waals surface area (Å²) >= 11 is 0. The molecule has 1 saturated heterocycles. The second kappa shape index (κ2) is 1.93. The minimum atomic E-state index is -4.26. The van der Waals surface area contributed by atoms with Gasteiger partial charge in [0.1, 0.15) is 0 Å². The predicted octanol–water partition coefficient (Wildman–Crippen LogP) is -0.732. The van der Waals surface area contributed by atoms with Crippen molar-refractivity contribution in [1.82, 2.24) is 4.31 Å². The number of carbonyl (C=O) groups excluding carboxylic acids is 1. The summed E-state index contributed by atoms with van der Waals surface area (Å²) in [4.78, 5) is 10.6. The van der Waals surface area contributed by atoms with Crippen LogP contribution in [0, 0.1) is 5.92 Å². The van der Waals surface area contributed by atoms with Crippen molar-refractivity contribution in [2.75, 3.05) is 6.54 Å². The van der Waals surface area contributed by atoms with Crippen LogP contribution in [-0.2, 0) is 15.1 Å². The van der Waals surface area contributed by atoms with Crippen LogP contribution >= 0.6 is 0 Å². The molecule has 0 aromatic rings. The zero-order valence-electron chi connectivity index (χ0n) is 5.31. The third-order valence-corrected chi connectivity index (χ3v) is 2.27. The van der Waals surface area contributed by atoms with Crippen molar-refractivity contribution in [3.05, 3.63) is 0 Å². The fourth-order valence-corrected chi connectivity index (χ4v) is 1.58. The van der Waals surface area contributed by atoms with Gasteiger partial charge in [-0.15, -0.1) is 0 Å². The van der Waals surface area contributed by atoms with Crippen LogP contribution in [0.5, 0.6) is 0 Å². The van der Waals surface area contributed by atoms with E-state index in [9.17, 15) is 13.2 Å². The van der Waals surface area contributed by atoms with Crippen LogP contribution in [0.15, 0.2) is 0 Å². The molecule has 1 rings (SSSR count). The fraction of sp³-hybridized carbons (Fsp3) is 0.750. The van der Waals surface area contributed by atoms with E-state index < -0.39 is 16.2 Å². The van der Waals surface area contributed by atoms with E-state index >= 15 is 0 Å². The van der Waals surface area contributed by atoms with Gasteiger partial charge in [-0.1, -0.05) is 6.92 Å². The molecule has 1 fully saturated rings. The van der Waals surface area contributed by atoms with E-state index in [0.717, 1.165) is 0 Å². The van der Waals surface area contributed by atoms with Crippen molar-refractivity contribution in [2.45, 2.75) is 6.92 Å². The number of hydrogen-bond acceptors (Lipinski definition) is 3. The molecule has 0 aromatic heterocycles. The van der Waals surface area contributed by atoms with Gasteiger partial charge in [0.15, 0.2) is 0 Å². The van der Waals surface area contributed by atoms with Crippen molar-refractivity contribution in [3.8, 4) is 0 Å². The minimum Gasteiger partial charge on any atom is -0.273 e. The first-order valence-electron chi connectivity index (χ1n) is 2.72. The van der Waals surface area contributed by atoms with Crippen LogP contribution in [0.1, 0.15) is 6.92 Å². The highest BCUT2D eigenvalue weighted by Crippen LogP contribution is 2.18. The van der Waals surface area contributed by atoms with Crippen molar-refractivity contribution in [1.29, 1.82) is 0 Å². The van der Waals surface area contributed by atoms with Gasteiger partial charge in [0.05, 0.1) is 12.5 Å². The zero-order chi connectivity index (χ0) is 7.94. The molecule has 5 nitrogen and oxygen atoms in total. The molecule has 10 heavy (non-hydrogen) atoms. The lowest BCUT2D eigenvalue weighted by molar-refractivity contribution is -0.139. The van der Waals surface area contributed by atoms with Crippen molar-refractivity contribution in [3.63, 3.8) is 0 Å². The SMILES string of the molecule is CC1CN(S(=O)(=O)O)C1=O. The van der Waals surface area contributed by atoms with Crippen LogP contribution in [-0.4, -0.2) is 29.7 Å². The topological polar surface area (TPSA) is 74.7 Å². The average Bonchev–Trinajstić information content (AvgIpc) is 1.79. The largest absolute Gasteiger partial charge is 0.362 e. The average molecular weight is 165 g/mol. The molecule has 58 valence electrons. The van der Waals surface area contributed by atoms with Crippen LogP contribution < -0.4 is 0 Å². The summed E-state index contributed by atoms with van der Waals surface area (Å²) in [6.45, 7) is 1.70. The molecule has 1 N–H and O–H groups in total. The smallest absolute Gasteiger partial charge is 0.273 e. The van der Waals surface area contributed by atoms with Crippen molar-refractivity contribution >= 4 is 16.2 Å². The van der Waals surface area contributed by atoms with Gasteiger partial charge in [0, 0.05) is 0 Å². The van der Waals surface area contributed by atoms with Crippen LogP contribution in [0.2, 0.25) is 0 Å². The Hall–Kier alpha value is -0.620. The zero-order valence-corrected chi connectivity index (χ0v) is 6.13. The summed E-state index contributed by atoms with van der Waals surface area (Å²) in [5.74, 6) is -0.815. The van der Waals surface area contributed by atoms with E-state index in [4.69, 9.17) is 4.55 Å². The Bertz CT molecular complexity index is 256. The highest BCUT2D eigenvalue weighted by Gasteiger charge is 2.40. The first-order chi connectivity index (χ1) is 4.43. The number of hydrogen-bond donors (Lipinski definition) is 1. The van der Waals surface area contributed by atoms with E-state index in [1.165, 1.54) is 0 Å². The number of rotatable bonds is 1. The summed E-state index contributed by atoms with van der Waals surface area (Å²) in [7, 11) is -4.26. The standard InChI is InChI=1S/C4H7NO4S/c1-3-2-5(4(3)6)10(7,8)9/h3H,2H2,1H3,(H,7,8,9). The Balaban J connectivity index is 2.75. The highest BCUT2D eigenvalue weighted by molar-refractivity contribution is 7.84. The molecule has 1 heterocycles. The van der Waals surface area contributed by atoms with Crippen LogP contribution in [0.3, 0.4) is 0 Å². The molecule has 6 heteroatoms. The maximum Gasteiger partial charge on any atom is 0.362 e. The molecule has 0 aromatic carbocycles. The maximum atomic E-state index is 10.6. The molecule has 0 bridgehead atoms. The van der Waals surface area contributed by atoms with E-state index in [0.29, 0.717) is 4.31 Å². The second-order valence-corrected chi connectivity index (χ2v) is 3.58. The van der Waals surface area contributed by atoms with Gasteiger partial charge in [-0.2, -0.15) is 8.42 Å². The fourth-order valence-electron chi connectivity index (χ4n) is 0.758. The first-order valence-corrected chi connectivity index (χ1v) is 4.11.